The molecule has 4 heterocycles. The summed E-state index contributed by atoms with van der Waals surface area (Å²) in [5.41, 5.74) is 3.33. The molecule has 0 bridgehead atoms. The summed E-state index contributed by atoms with van der Waals surface area (Å²) in [6.07, 6.45) is 1.67. The van der Waals surface area contributed by atoms with Crippen LogP contribution in [0.5, 0.6) is 0 Å². The van der Waals surface area contributed by atoms with Gasteiger partial charge in [-0.25, -0.2) is 4.68 Å². The third kappa shape index (κ3) is 4.93. The lowest BCUT2D eigenvalue weighted by molar-refractivity contribution is 0.181. The van der Waals surface area contributed by atoms with E-state index in [0.29, 0.717) is 31.0 Å². The molecule has 2 aromatic carbocycles. The van der Waals surface area contributed by atoms with Crippen LogP contribution in [-0.4, -0.2) is 30.1 Å². The van der Waals surface area contributed by atoms with E-state index in [1.165, 1.54) is 0 Å². The number of aryl methyl sites for hydroxylation is 1. The van der Waals surface area contributed by atoms with E-state index in [2.05, 4.69) is 36.9 Å². The molecule has 0 saturated heterocycles. The van der Waals surface area contributed by atoms with Crippen molar-refractivity contribution >= 4 is 22.2 Å². The SMILES string of the molecule is Cc1cccc2cc(C(c3nnnn3Cc3ccccc3)N(Cc3ccco3)Cc3cccs3)c(=O)[nH]c12. The third-order valence-corrected chi connectivity index (χ3v) is 7.50. The average Bonchev–Trinajstić information content (AvgIpc) is 3.71. The zero-order valence-corrected chi connectivity index (χ0v) is 21.6. The number of H-pyrrole nitrogens is 1. The van der Waals surface area contributed by atoms with Crippen molar-refractivity contribution in [2.45, 2.75) is 32.6 Å². The van der Waals surface area contributed by atoms with E-state index in [4.69, 9.17) is 4.42 Å². The van der Waals surface area contributed by atoms with Crippen molar-refractivity contribution < 1.29 is 4.42 Å². The van der Waals surface area contributed by atoms with Gasteiger partial charge in [0.15, 0.2) is 5.82 Å². The molecule has 0 aliphatic heterocycles. The predicted molar refractivity (Wildman–Crippen MR) is 147 cm³/mol. The number of tetrazole rings is 1. The molecule has 1 atom stereocenters. The van der Waals surface area contributed by atoms with Gasteiger partial charge in [0.1, 0.15) is 11.8 Å². The third-order valence-electron chi connectivity index (χ3n) is 6.63. The van der Waals surface area contributed by atoms with Crippen LogP contribution >= 0.6 is 11.3 Å². The number of hydrogen-bond acceptors (Lipinski definition) is 7. The zero-order chi connectivity index (χ0) is 25.9. The van der Waals surface area contributed by atoms with Gasteiger partial charge in [-0.05, 0) is 63.5 Å². The van der Waals surface area contributed by atoms with Crippen molar-refractivity contribution in [2.75, 3.05) is 0 Å². The largest absolute Gasteiger partial charge is 0.468 e. The minimum absolute atomic E-state index is 0.165. The highest BCUT2D eigenvalue weighted by molar-refractivity contribution is 7.09. The molecule has 0 fully saturated rings. The predicted octanol–water partition coefficient (Wildman–Crippen LogP) is 5.32. The Labute approximate surface area is 223 Å². The fraction of sp³-hybridized carbons (Fsp3) is 0.172. The molecule has 0 aliphatic carbocycles. The molecule has 0 spiro atoms. The van der Waals surface area contributed by atoms with Crippen LogP contribution in [0, 0.1) is 6.92 Å². The highest BCUT2D eigenvalue weighted by atomic mass is 32.1. The summed E-state index contributed by atoms with van der Waals surface area (Å²) in [7, 11) is 0. The van der Waals surface area contributed by atoms with Crippen LogP contribution in [0.15, 0.2) is 99.7 Å². The van der Waals surface area contributed by atoms with Crippen molar-refractivity contribution in [2.24, 2.45) is 0 Å². The van der Waals surface area contributed by atoms with Gasteiger partial charge in [-0.15, -0.1) is 16.4 Å². The summed E-state index contributed by atoms with van der Waals surface area (Å²) in [5, 5.41) is 15.9. The maximum Gasteiger partial charge on any atom is 0.253 e. The molecule has 0 aliphatic rings. The number of aromatic nitrogens is 5. The average molecular weight is 523 g/mol. The number of furan rings is 1. The van der Waals surface area contributed by atoms with E-state index in [-0.39, 0.29) is 5.56 Å². The highest BCUT2D eigenvalue weighted by Gasteiger charge is 2.31. The van der Waals surface area contributed by atoms with Gasteiger partial charge in [-0.2, -0.15) is 0 Å². The first-order valence-electron chi connectivity index (χ1n) is 12.4. The van der Waals surface area contributed by atoms with Gasteiger partial charge in [-0.3, -0.25) is 9.69 Å². The fourth-order valence-corrected chi connectivity index (χ4v) is 5.55. The van der Waals surface area contributed by atoms with E-state index < -0.39 is 6.04 Å². The number of para-hydroxylation sites is 1. The van der Waals surface area contributed by atoms with Gasteiger partial charge in [0.25, 0.3) is 5.56 Å². The molecule has 0 amide bonds. The van der Waals surface area contributed by atoms with E-state index in [1.807, 2.05) is 79.7 Å². The lowest BCUT2D eigenvalue weighted by atomic mass is 10.0. The summed E-state index contributed by atoms with van der Waals surface area (Å²) in [6.45, 7) is 3.54. The maximum absolute atomic E-state index is 13.7. The minimum Gasteiger partial charge on any atom is -0.468 e. The number of thiophene rings is 1. The molecule has 9 heteroatoms. The Morgan fingerprint density at radius 2 is 1.92 bits per heavy atom. The van der Waals surface area contributed by atoms with Crippen LogP contribution in [0.4, 0.5) is 0 Å². The first-order valence-corrected chi connectivity index (χ1v) is 13.2. The van der Waals surface area contributed by atoms with Gasteiger partial charge in [0.05, 0.1) is 24.9 Å². The zero-order valence-electron chi connectivity index (χ0n) is 20.8. The molecule has 0 radical (unpaired) electrons. The van der Waals surface area contributed by atoms with E-state index in [9.17, 15) is 4.79 Å². The number of pyridine rings is 1. The maximum atomic E-state index is 13.7. The van der Waals surface area contributed by atoms with Crippen LogP contribution in [0.2, 0.25) is 0 Å². The molecule has 8 nitrogen and oxygen atoms in total. The van der Waals surface area contributed by atoms with E-state index in [0.717, 1.165) is 32.7 Å². The van der Waals surface area contributed by atoms with Gasteiger partial charge in [-0.1, -0.05) is 54.6 Å². The van der Waals surface area contributed by atoms with Crippen molar-refractivity contribution in [1.82, 2.24) is 30.1 Å². The Balaban J connectivity index is 1.52. The van der Waals surface area contributed by atoms with Crippen LogP contribution in [0.25, 0.3) is 10.9 Å². The normalized spacial score (nSPS) is 12.4. The number of hydrogen-bond donors (Lipinski definition) is 1. The second kappa shape index (κ2) is 10.6. The van der Waals surface area contributed by atoms with Crippen LogP contribution in [0.3, 0.4) is 0 Å². The standard InChI is InChI=1S/C29H26N6O2S/c1-20-8-5-11-22-16-25(29(36)30-26(20)22)27(28-31-32-33-35(28)17-21-9-3-2-4-10-21)34(18-23-12-6-14-37-23)19-24-13-7-15-38-24/h2-16,27H,17-19H2,1H3,(H,30,36). The van der Waals surface area contributed by atoms with Crippen LogP contribution in [-0.2, 0) is 19.6 Å². The molecule has 4 aromatic heterocycles. The van der Waals surface area contributed by atoms with Crippen molar-refractivity contribution in [1.29, 1.82) is 0 Å². The van der Waals surface area contributed by atoms with Gasteiger partial charge < -0.3 is 9.40 Å². The van der Waals surface area contributed by atoms with E-state index >= 15 is 0 Å². The second-order valence-corrected chi connectivity index (χ2v) is 10.3. The Hall–Kier alpha value is -4.34. The second-order valence-electron chi connectivity index (χ2n) is 9.24. The Bertz CT molecular complexity index is 1650. The Morgan fingerprint density at radius 3 is 2.71 bits per heavy atom. The lowest BCUT2D eigenvalue weighted by Crippen LogP contribution is -2.34. The Kier molecular flexibility index (Phi) is 6.68. The van der Waals surface area contributed by atoms with Gasteiger partial charge in [0.2, 0.25) is 0 Å². The lowest BCUT2D eigenvalue weighted by Gasteiger charge is -2.30. The summed E-state index contributed by atoms with van der Waals surface area (Å²) >= 11 is 1.67. The van der Waals surface area contributed by atoms with Gasteiger partial charge in [0, 0.05) is 17.0 Å². The highest BCUT2D eigenvalue weighted by Crippen LogP contribution is 2.31. The van der Waals surface area contributed by atoms with Crippen molar-refractivity contribution in [3.8, 4) is 0 Å². The first kappa shape index (κ1) is 24.0. The van der Waals surface area contributed by atoms with Gasteiger partial charge >= 0.3 is 0 Å². The summed E-state index contributed by atoms with van der Waals surface area (Å²) < 4.78 is 7.53. The molecule has 190 valence electrons. The van der Waals surface area contributed by atoms with Crippen LogP contribution < -0.4 is 5.56 Å². The molecule has 6 aromatic rings. The monoisotopic (exact) mass is 522 g/mol. The fourth-order valence-electron chi connectivity index (χ4n) is 4.82. The number of aromatic amines is 1. The number of nitrogens with one attached hydrogen (secondary N) is 1. The molecular formula is C29H26N6O2S. The van der Waals surface area contributed by atoms with E-state index in [1.54, 1.807) is 22.3 Å². The number of nitrogens with zero attached hydrogens (tertiary/aromatic N) is 5. The van der Waals surface area contributed by atoms with Crippen LogP contribution in [0.1, 0.15) is 39.2 Å². The Morgan fingerprint density at radius 1 is 1.03 bits per heavy atom. The number of rotatable bonds is 9. The first-order chi connectivity index (χ1) is 18.7. The minimum atomic E-state index is -0.533. The topological polar surface area (TPSA) is 92.8 Å². The smallest absolute Gasteiger partial charge is 0.253 e. The molecule has 6 rings (SSSR count). The molecule has 1 unspecified atom stereocenters. The van der Waals surface area contributed by atoms with Crippen molar-refractivity contribution in [3.05, 3.63) is 134 Å². The molecule has 0 saturated carbocycles. The summed E-state index contributed by atoms with van der Waals surface area (Å²) in [6, 6.07) is 25.4. The summed E-state index contributed by atoms with van der Waals surface area (Å²) in [4.78, 5) is 20.2. The summed E-state index contributed by atoms with van der Waals surface area (Å²) in [5.74, 6) is 1.39. The number of benzene rings is 2. The number of fused-ring (bicyclic) bond motifs is 1. The molecule has 1 N–H and O–H groups in total. The molecular weight excluding hydrogens is 496 g/mol. The quantitative estimate of drug-likeness (QED) is 0.276. The van der Waals surface area contributed by atoms with Crippen molar-refractivity contribution in [3.63, 3.8) is 0 Å². The molecule has 38 heavy (non-hydrogen) atoms.